The third-order valence-corrected chi connectivity index (χ3v) is 5.11. The Kier molecular flexibility index (Phi) is 5.84. The largest absolute Gasteiger partial charge is 0.350 e. The number of aromatic nitrogens is 1. The molecule has 0 aliphatic carbocycles. The van der Waals surface area contributed by atoms with E-state index in [0.29, 0.717) is 16.2 Å². The maximum Gasteiger partial charge on any atom is 0.294 e. The van der Waals surface area contributed by atoms with Crippen LogP contribution >= 0.6 is 27.3 Å². The zero-order valence-corrected chi connectivity index (χ0v) is 15.1. The highest BCUT2D eigenvalue weighted by molar-refractivity contribution is 9.11. The number of rotatable bonds is 6. The molecule has 0 saturated carbocycles. The van der Waals surface area contributed by atoms with E-state index in [1.807, 2.05) is 12.1 Å². The minimum absolute atomic E-state index is 0.0927. The number of nitrogens with one attached hydrogen (secondary N) is 1. The lowest BCUT2D eigenvalue weighted by Crippen LogP contribution is -2.30. The molecule has 0 aliphatic rings. The first kappa shape index (κ1) is 17.6. The number of pyridine rings is 1. The zero-order chi connectivity index (χ0) is 17.0. The molecule has 23 heavy (non-hydrogen) atoms. The number of hydrogen-bond donors (Lipinski definition) is 1. The van der Waals surface area contributed by atoms with Crippen LogP contribution in [0.25, 0.3) is 0 Å². The average molecular weight is 398 g/mol. The van der Waals surface area contributed by atoms with Crippen molar-refractivity contribution in [2.75, 3.05) is 6.54 Å². The Labute approximate surface area is 146 Å². The highest BCUT2D eigenvalue weighted by atomic mass is 79.9. The fourth-order valence-corrected chi connectivity index (χ4v) is 3.74. The first-order valence-electron chi connectivity index (χ1n) is 7.02. The van der Waals surface area contributed by atoms with Gasteiger partial charge in [-0.3, -0.25) is 19.9 Å². The molecule has 2 heterocycles. The molecule has 0 unspecified atom stereocenters. The van der Waals surface area contributed by atoms with Gasteiger partial charge in [-0.05, 0) is 33.5 Å². The molecule has 1 atom stereocenters. The normalized spacial score (nSPS) is 12.2. The first-order valence-corrected chi connectivity index (χ1v) is 8.63. The summed E-state index contributed by atoms with van der Waals surface area (Å²) in [6.07, 6.45) is 3.48. The van der Waals surface area contributed by atoms with Crippen LogP contribution in [-0.2, 0) is 0 Å². The Balaban J connectivity index is 2.12. The van der Waals surface area contributed by atoms with Gasteiger partial charge in [0, 0.05) is 30.9 Å². The van der Waals surface area contributed by atoms with E-state index < -0.39 is 10.8 Å². The van der Waals surface area contributed by atoms with Crippen LogP contribution in [0.1, 0.15) is 35.0 Å². The monoisotopic (exact) mass is 397 g/mol. The maximum atomic E-state index is 12.3. The van der Waals surface area contributed by atoms with E-state index in [0.717, 1.165) is 16.9 Å². The molecule has 0 saturated heterocycles. The molecule has 0 aromatic carbocycles. The van der Waals surface area contributed by atoms with Gasteiger partial charge in [0.1, 0.15) is 0 Å². The number of nitro groups is 1. The Morgan fingerprint density at radius 3 is 2.83 bits per heavy atom. The van der Waals surface area contributed by atoms with E-state index in [-0.39, 0.29) is 16.5 Å². The quantitative estimate of drug-likeness (QED) is 0.589. The molecular formula is C15H16BrN3O3S. The van der Waals surface area contributed by atoms with Crippen molar-refractivity contribution in [1.82, 2.24) is 10.3 Å². The van der Waals surface area contributed by atoms with Gasteiger partial charge >= 0.3 is 0 Å². The van der Waals surface area contributed by atoms with Crippen LogP contribution in [0.2, 0.25) is 0 Å². The van der Waals surface area contributed by atoms with E-state index in [9.17, 15) is 14.9 Å². The van der Waals surface area contributed by atoms with Crippen molar-refractivity contribution in [3.8, 4) is 0 Å². The summed E-state index contributed by atoms with van der Waals surface area (Å²) in [6, 6.07) is 5.17. The van der Waals surface area contributed by atoms with E-state index in [1.54, 1.807) is 12.4 Å². The summed E-state index contributed by atoms with van der Waals surface area (Å²) in [5.41, 5.74) is 0.853. The number of halogens is 1. The van der Waals surface area contributed by atoms with Crippen LogP contribution in [0.5, 0.6) is 0 Å². The molecule has 2 aromatic rings. The number of nitrogens with zero attached hydrogens (tertiary/aromatic N) is 2. The molecule has 1 N–H and O–H groups in total. The molecule has 0 aliphatic heterocycles. The third kappa shape index (κ3) is 4.35. The Bertz CT molecular complexity index is 703. The van der Waals surface area contributed by atoms with Crippen LogP contribution < -0.4 is 5.32 Å². The zero-order valence-electron chi connectivity index (χ0n) is 12.7. The second kappa shape index (κ2) is 7.65. The first-order chi connectivity index (χ1) is 10.9. The predicted molar refractivity (Wildman–Crippen MR) is 92.8 cm³/mol. The van der Waals surface area contributed by atoms with Gasteiger partial charge < -0.3 is 5.32 Å². The third-order valence-electron chi connectivity index (χ3n) is 3.49. The number of amides is 1. The van der Waals surface area contributed by atoms with Crippen LogP contribution in [0.3, 0.4) is 0 Å². The Morgan fingerprint density at radius 2 is 2.26 bits per heavy atom. The van der Waals surface area contributed by atoms with Crippen molar-refractivity contribution in [3.63, 3.8) is 0 Å². The highest BCUT2D eigenvalue weighted by Gasteiger charge is 2.25. The summed E-state index contributed by atoms with van der Waals surface area (Å²) in [6.45, 7) is 4.52. The smallest absolute Gasteiger partial charge is 0.294 e. The molecule has 2 rings (SSSR count). The molecular weight excluding hydrogens is 382 g/mol. The van der Waals surface area contributed by atoms with E-state index >= 15 is 0 Å². The molecule has 0 spiro atoms. The van der Waals surface area contributed by atoms with Gasteiger partial charge in [-0.1, -0.05) is 19.9 Å². The van der Waals surface area contributed by atoms with Crippen molar-refractivity contribution >= 4 is 38.9 Å². The minimum Gasteiger partial charge on any atom is -0.350 e. The lowest BCUT2D eigenvalue weighted by atomic mass is 9.89. The van der Waals surface area contributed by atoms with Crippen molar-refractivity contribution in [1.29, 1.82) is 0 Å². The van der Waals surface area contributed by atoms with E-state index in [1.165, 1.54) is 6.07 Å². The predicted octanol–water partition coefficient (Wildman–Crippen LogP) is 3.98. The molecule has 2 aromatic heterocycles. The summed E-state index contributed by atoms with van der Waals surface area (Å²) >= 11 is 4.24. The van der Waals surface area contributed by atoms with Gasteiger partial charge in [-0.2, -0.15) is 0 Å². The fourth-order valence-electron chi connectivity index (χ4n) is 2.27. The summed E-state index contributed by atoms with van der Waals surface area (Å²) in [5.74, 6) is -0.0402. The van der Waals surface area contributed by atoms with Crippen LogP contribution in [0.15, 0.2) is 34.4 Å². The van der Waals surface area contributed by atoms with Crippen molar-refractivity contribution in [2.24, 2.45) is 5.92 Å². The summed E-state index contributed by atoms with van der Waals surface area (Å²) in [4.78, 5) is 27.0. The average Bonchev–Trinajstić information content (AvgIpc) is 2.90. The molecule has 6 nitrogen and oxygen atoms in total. The van der Waals surface area contributed by atoms with Crippen molar-refractivity contribution < 1.29 is 9.72 Å². The highest BCUT2D eigenvalue weighted by Crippen LogP contribution is 2.33. The van der Waals surface area contributed by atoms with Gasteiger partial charge in [0.25, 0.3) is 11.6 Å². The molecule has 0 radical (unpaired) electrons. The lowest BCUT2D eigenvalue weighted by molar-refractivity contribution is -0.384. The molecule has 122 valence electrons. The van der Waals surface area contributed by atoms with Gasteiger partial charge in [0.2, 0.25) is 0 Å². The van der Waals surface area contributed by atoms with Gasteiger partial charge in [0.05, 0.1) is 8.71 Å². The maximum absolute atomic E-state index is 12.3. The topological polar surface area (TPSA) is 85.1 Å². The number of carbonyl (C=O) groups is 1. The van der Waals surface area contributed by atoms with Crippen LogP contribution in [0, 0.1) is 16.0 Å². The van der Waals surface area contributed by atoms with E-state index in [2.05, 4.69) is 40.1 Å². The molecule has 8 heteroatoms. The van der Waals surface area contributed by atoms with E-state index in [4.69, 9.17) is 0 Å². The van der Waals surface area contributed by atoms with Gasteiger partial charge in [0.15, 0.2) is 4.88 Å². The number of hydrogen-bond acceptors (Lipinski definition) is 5. The van der Waals surface area contributed by atoms with Crippen molar-refractivity contribution in [2.45, 2.75) is 19.8 Å². The Hall–Kier alpha value is -1.80. The Morgan fingerprint density at radius 1 is 1.52 bits per heavy atom. The van der Waals surface area contributed by atoms with Crippen molar-refractivity contribution in [3.05, 3.63) is 54.9 Å². The standard InChI is InChI=1S/C15H16BrN3O3S/c1-9(2)11(10-4-3-5-17-7-10)8-18-15(20)14-12(19(21)22)6-13(16)23-14/h3-7,9,11H,8H2,1-2H3,(H,18,20)/t11-/m0/s1. The molecule has 0 bridgehead atoms. The number of thiophene rings is 1. The van der Waals surface area contributed by atoms with Gasteiger partial charge in [-0.15, -0.1) is 11.3 Å². The summed E-state index contributed by atoms with van der Waals surface area (Å²) in [7, 11) is 0. The fraction of sp³-hybridized carbons (Fsp3) is 0.333. The number of carbonyl (C=O) groups excluding carboxylic acids is 1. The second-order valence-electron chi connectivity index (χ2n) is 5.37. The van der Waals surface area contributed by atoms with Crippen LogP contribution in [0.4, 0.5) is 5.69 Å². The second-order valence-corrected chi connectivity index (χ2v) is 7.80. The summed E-state index contributed by atoms with van der Waals surface area (Å²) < 4.78 is 0.557. The minimum atomic E-state index is -0.544. The van der Waals surface area contributed by atoms with Crippen LogP contribution in [-0.4, -0.2) is 22.4 Å². The molecule has 0 fully saturated rings. The van der Waals surface area contributed by atoms with Gasteiger partial charge in [-0.25, -0.2) is 0 Å². The summed E-state index contributed by atoms with van der Waals surface area (Å²) in [5, 5.41) is 13.8. The molecule has 1 amide bonds. The lowest BCUT2D eigenvalue weighted by Gasteiger charge is -2.21. The SMILES string of the molecule is CC(C)[C@H](CNC(=O)c1sc(Br)cc1[N+](=O)[O-])c1cccnc1.